The summed E-state index contributed by atoms with van der Waals surface area (Å²) in [4.78, 5) is 0. The highest BCUT2D eigenvalue weighted by Gasteiger charge is 2.09. The number of hydrogen-bond acceptors (Lipinski definition) is 4. The highest BCUT2D eigenvalue weighted by molar-refractivity contribution is 5.64. The van der Waals surface area contributed by atoms with Crippen LogP contribution in [0.5, 0.6) is 0 Å². The number of nitrogens with one attached hydrogen (secondary N) is 1. The van der Waals surface area contributed by atoms with Gasteiger partial charge >= 0.3 is 0 Å². The van der Waals surface area contributed by atoms with Crippen LogP contribution in [0.4, 0.5) is 11.5 Å². The summed E-state index contributed by atoms with van der Waals surface area (Å²) in [7, 11) is 1.85. The number of aliphatic hydroxyl groups excluding tert-OH is 1. The Kier molecular flexibility index (Phi) is 3.96. The van der Waals surface area contributed by atoms with Crippen LogP contribution in [0.2, 0.25) is 0 Å². The molecule has 1 unspecified atom stereocenters. The van der Waals surface area contributed by atoms with Gasteiger partial charge in [-0.05, 0) is 19.8 Å². The molecule has 0 aliphatic rings. The molecule has 1 atom stereocenters. The maximum atomic E-state index is 9.39. The molecule has 0 saturated carbocycles. The zero-order valence-corrected chi connectivity index (χ0v) is 9.62. The topological polar surface area (TPSA) is 76.1 Å². The van der Waals surface area contributed by atoms with Gasteiger partial charge in [-0.3, -0.25) is 4.68 Å². The fraction of sp³-hybridized carbons (Fsp3) is 0.700. The Balaban J connectivity index is 2.50. The van der Waals surface area contributed by atoms with Gasteiger partial charge in [0.25, 0.3) is 0 Å². The Bertz CT molecular complexity index is 321. The van der Waals surface area contributed by atoms with Crippen LogP contribution >= 0.6 is 0 Å². The van der Waals surface area contributed by atoms with Crippen molar-refractivity contribution in [1.82, 2.24) is 9.78 Å². The van der Waals surface area contributed by atoms with E-state index in [-0.39, 0.29) is 6.10 Å². The number of rotatable bonds is 5. The summed E-state index contributed by atoms with van der Waals surface area (Å²) in [5, 5.41) is 16.8. The Hall–Kier alpha value is -1.23. The summed E-state index contributed by atoms with van der Waals surface area (Å²) < 4.78 is 1.73. The summed E-state index contributed by atoms with van der Waals surface area (Å²) >= 11 is 0. The first kappa shape index (κ1) is 11.8. The van der Waals surface area contributed by atoms with Crippen molar-refractivity contribution in [2.75, 3.05) is 17.6 Å². The van der Waals surface area contributed by atoms with E-state index in [2.05, 4.69) is 10.4 Å². The van der Waals surface area contributed by atoms with Gasteiger partial charge in [-0.1, -0.05) is 6.92 Å². The lowest BCUT2D eigenvalue weighted by Gasteiger charge is -2.10. The third-order valence-corrected chi connectivity index (χ3v) is 2.51. The third kappa shape index (κ3) is 2.86. The van der Waals surface area contributed by atoms with Crippen LogP contribution in [0.25, 0.3) is 0 Å². The summed E-state index contributed by atoms with van der Waals surface area (Å²) in [6.07, 6.45) is 1.26. The van der Waals surface area contributed by atoms with Crippen LogP contribution in [-0.4, -0.2) is 27.5 Å². The molecule has 1 aromatic rings. The lowest BCUT2D eigenvalue weighted by molar-refractivity contribution is 0.164. The molecule has 0 aliphatic carbocycles. The first-order valence-corrected chi connectivity index (χ1v) is 5.27. The number of nitrogens with zero attached hydrogens (tertiary/aromatic N) is 2. The molecule has 1 heterocycles. The first-order valence-electron chi connectivity index (χ1n) is 5.27. The van der Waals surface area contributed by atoms with E-state index in [1.807, 2.05) is 20.9 Å². The minimum Gasteiger partial charge on any atom is -0.394 e. The normalized spacial score (nSPS) is 12.8. The number of hydrogen-bond donors (Lipinski definition) is 3. The molecule has 1 rings (SSSR count). The van der Waals surface area contributed by atoms with Crippen molar-refractivity contribution in [3.8, 4) is 0 Å². The van der Waals surface area contributed by atoms with Crippen molar-refractivity contribution in [2.45, 2.75) is 32.8 Å². The van der Waals surface area contributed by atoms with Crippen molar-refractivity contribution in [3.05, 3.63) is 5.69 Å². The molecule has 0 bridgehead atoms. The van der Waals surface area contributed by atoms with Crippen molar-refractivity contribution in [1.29, 1.82) is 0 Å². The number of anilines is 2. The molecule has 4 N–H and O–H groups in total. The quantitative estimate of drug-likeness (QED) is 0.677. The predicted molar refractivity (Wildman–Crippen MR) is 61.8 cm³/mol. The van der Waals surface area contributed by atoms with Gasteiger partial charge in [0, 0.05) is 13.6 Å². The predicted octanol–water partition coefficient (Wildman–Crippen LogP) is 0.884. The Morgan fingerprint density at radius 1 is 1.60 bits per heavy atom. The molecule has 0 aliphatic heterocycles. The molecule has 86 valence electrons. The van der Waals surface area contributed by atoms with Crippen molar-refractivity contribution < 1.29 is 5.11 Å². The Morgan fingerprint density at radius 3 is 2.73 bits per heavy atom. The summed E-state index contributed by atoms with van der Waals surface area (Å²) in [6, 6.07) is 0. The van der Waals surface area contributed by atoms with Gasteiger partial charge in [-0.25, -0.2) is 0 Å². The second kappa shape index (κ2) is 5.02. The summed E-state index contributed by atoms with van der Waals surface area (Å²) in [6.45, 7) is 4.55. The smallest absolute Gasteiger partial charge is 0.147 e. The SMILES string of the molecule is CCC(O)CCNc1c(N)c(C)nn1C. The monoisotopic (exact) mass is 212 g/mol. The Labute approximate surface area is 90.3 Å². The fourth-order valence-electron chi connectivity index (χ4n) is 1.45. The van der Waals surface area contributed by atoms with Gasteiger partial charge in [-0.2, -0.15) is 5.10 Å². The average molecular weight is 212 g/mol. The van der Waals surface area contributed by atoms with Gasteiger partial charge < -0.3 is 16.2 Å². The van der Waals surface area contributed by atoms with Crippen LogP contribution in [0.1, 0.15) is 25.5 Å². The molecule has 1 aromatic heterocycles. The van der Waals surface area contributed by atoms with Crippen LogP contribution in [0, 0.1) is 6.92 Å². The number of aliphatic hydroxyl groups is 1. The van der Waals surface area contributed by atoms with Crippen LogP contribution < -0.4 is 11.1 Å². The van der Waals surface area contributed by atoms with Crippen molar-refractivity contribution >= 4 is 11.5 Å². The standard InChI is InChI=1S/C10H20N4O/c1-4-8(15)5-6-12-10-9(11)7(2)13-14(10)3/h8,12,15H,4-6,11H2,1-3H3. The third-order valence-electron chi connectivity index (χ3n) is 2.51. The Morgan fingerprint density at radius 2 is 2.27 bits per heavy atom. The number of aryl methyl sites for hydroxylation is 2. The zero-order chi connectivity index (χ0) is 11.4. The van der Waals surface area contributed by atoms with E-state index in [4.69, 9.17) is 5.73 Å². The highest BCUT2D eigenvalue weighted by Crippen LogP contribution is 2.20. The van der Waals surface area contributed by atoms with Gasteiger partial charge in [-0.15, -0.1) is 0 Å². The number of aromatic nitrogens is 2. The molecular formula is C10H20N4O. The van der Waals surface area contributed by atoms with E-state index in [9.17, 15) is 5.11 Å². The summed E-state index contributed by atoms with van der Waals surface area (Å²) in [5.41, 5.74) is 7.36. The molecule has 0 radical (unpaired) electrons. The second-order valence-electron chi connectivity index (χ2n) is 3.75. The average Bonchev–Trinajstić information content (AvgIpc) is 2.44. The maximum absolute atomic E-state index is 9.39. The highest BCUT2D eigenvalue weighted by atomic mass is 16.3. The van der Waals surface area contributed by atoms with Crippen molar-refractivity contribution in [3.63, 3.8) is 0 Å². The van der Waals surface area contributed by atoms with E-state index in [1.54, 1.807) is 4.68 Å². The van der Waals surface area contributed by atoms with E-state index in [0.717, 1.165) is 24.4 Å². The molecule has 0 spiro atoms. The molecule has 5 nitrogen and oxygen atoms in total. The van der Waals surface area contributed by atoms with E-state index >= 15 is 0 Å². The maximum Gasteiger partial charge on any atom is 0.147 e. The van der Waals surface area contributed by atoms with E-state index in [1.165, 1.54) is 0 Å². The molecular weight excluding hydrogens is 192 g/mol. The first-order chi connectivity index (χ1) is 7.06. The minimum absolute atomic E-state index is 0.243. The molecule has 0 aromatic carbocycles. The fourth-order valence-corrected chi connectivity index (χ4v) is 1.45. The van der Waals surface area contributed by atoms with Crippen LogP contribution in [-0.2, 0) is 7.05 Å². The van der Waals surface area contributed by atoms with Gasteiger partial charge in [0.1, 0.15) is 5.82 Å². The van der Waals surface area contributed by atoms with Crippen molar-refractivity contribution in [2.24, 2.45) is 7.05 Å². The second-order valence-corrected chi connectivity index (χ2v) is 3.75. The molecule has 0 fully saturated rings. The van der Waals surface area contributed by atoms with Gasteiger partial charge in [0.15, 0.2) is 0 Å². The van der Waals surface area contributed by atoms with Gasteiger partial charge in [0.05, 0.1) is 17.5 Å². The lowest BCUT2D eigenvalue weighted by Crippen LogP contribution is -2.14. The largest absolute Gasteiger partial charge is 0.394 e. The summed E-state index contributed by atoms with van der Waals surface area (Å²) in [5.74, 6) is 0.829. The van der Waals surface area contributed by atoms with Crippen LogP contribution in [0.3, 0.4) is 0 Å². The van der Waals surface area contributed by atoms with E-state index < -0.39 is 0 Å². The number of nitrogen functional groups attached to an aromatic ring is 1. The molecule has 0 amide bonds. The number of nitrogens with two attached hydrogens (primary N) is 1. The van der Waals surface area contributed by atoms with E-state index in [0.29, 0.717) is 12.2 Å². The van der Waals surface area contributed by atoms with Gasteiger partial charge in [0.2, 0.25) is 0 Å². The minimum atomic E-state index is -0.243. The lowest BCUT2D eigenvalue weighted by atomic mass is 10.2. The molecule has 15 heavy (non-hydrogen) atoms. The zero-order valence-electron chi connectivity index (χ0n) is 9.62. The molecule has 5 heteroatoms. The molecule has 0 saturated heterocycles. The van der Waals surface area contributed by atoms with Crippen LogP contribution in [0.15, 0.2) is 0 Å².